The Hall–Kier alpha value is -4.46. The van der Waals surface area contributed by atoms with Crippen LogP contribution in [0.5, 0.6) is 28.7 Å². The summed E-state index contributed by atoms with van der Waals surface area (Å²) in [6.45, 7) is 0.817. The average molecular weight is 486 g/mol. The standard InChI is InChI=1S/C28H22O8/c1-31-20-14-21-25(28-26(20)18(29)13-19(36-28)15-6-4-3-5-7-15)17(12-24(30)35-21)16-10-22(32-2)27-23(11-16)33-8-9-34-27/h3-7,10-11,13-14,17H,8-9,12H2,1-2H3/t17-/m0/s1. The Morgan fingerprint density at radius 1 is 0.861 bits per heavy atom. The van der Waals surface area contributed by atoms with Gasteiger partial charge in [0, 0.05) is 29.2 Å². The molecule has 3 heterocycles. The van der Waals surface area contributed by atoms with E-state index in [2.05, 4.69) is 0 Å². The highest BCUT2D eigenvalue weighted by atomic mass is 16.6. The molecule has 1 aromatic heterocycles. The highest BCUT2D eigenvalue weighted by Gasteiger charge is 2.35. The Morgan fingerprint density at radius 2 is 1.64 bits per heavy atom. The van der Waals surface area contributed by atoms with E-state index in [9.17, 15) is 9.59 Å². The number of esters is 1. The van der Waals surface area contributed by atoms with Crippen LogP contribution in [0, 0.1) is 0 Å². The van der Waals surface area contributed by atoms with Crippen molar-refractivity contribution in [3.8, 4) is 40.1 Å². The van der Waals surface area contributed by atoms with Gasteiger partial charge in [-0.1, -0.05) is 30.3 Å². The maximum absolute atomic E-state index is 13.3. The van der Waals surface area contributed by atoms with Gasteiger partial charge in [-0.2, -0.15) is 0 Å². The summed E-state index contributed by atoms with van der Waals surface area (Å²) in [5.41, 5.74) is 2.12. The summed E-state index contributed by atoms with van der Waals surface area (Å²) in [4.78, 5) is 26.0. The first-order valence-corrected chi connectivity index (χ1v) is 11.5. The van der Waals surface area contributed by atoms with Gasteiger partial charge in [0.25, 0.3) is 0 Å². The van der Waals surface area contributed by atoms with Crippen LogP contribution < -0.4 is 29.1 Å². The number of hydrogen-bond acceptors (Lipinski definition) is 8. The van der Waals surface area contributed by atoms with Gasteiger partial charge in [0.05, 0.1) is 20.6 Å². The molecular weight excluding hydrogens is 464 g/mol. The van der Waals surface area contributed by atoms with E-state index < -0.39 is 11.9 Å². The normalized spacial score (nSPS) is 16.3. The van der Waals surface area contributed by atoms with Crippen molar-refractivity contribution in [1.29, 1.82) is 0 Å². The highest BCUT2D eigenvalue weighted by molar-refractivity contribution is 5.93. The van der Waals surface area contributed by atoms with Gasteiger partial charge in [-0.3, -0.25) is 9.59 Å². The smallest absolute Gasteiger partial charge is 0.312 e. The number of benzene rings is 3. The molecule has 36 heavy (non-hydrogen) atoms. The Morgan fingerprint density at radius 3 is 2.42 bits per heavy atom. The predicted molar refractivity (Wildman–Crippen MR) is 131 cm³/mol. The van der Waals surface area contributed by atoms with Gasteiger partial charge in [-0.15, -0.1) is 0 Å². The van der Waals surface area contributed by atoms with E-state index in [0.29, 0.717) is 47.4 Å². The van der Waals surface area contributed by atoms with Crippen LogP contribution >= 0.6 is 0 Å². The molecule has 4 aromatic rings. The molecule has 0 aliphatic carbocycles. The fraction of sp³-hybridized carbons (Fsp3) is 0.214. The molecule has 0 bridgehead atoms. The van der Waals surface area contributed by atoms with Crippen molar-refractivity contribution in [2.24, 2.45) is 0 Å². The number of ether oxygens (including phenoxy) is 5. The molecule has 1 atom stereocenters. The van der Waals surface area contributed by atoms with E-state index in [0.717, 1.165) is 11.1 Å². The Kier molecular flexibility index (Phi) is 5.29. The van der Waals surface area contributed by atoms with Crippen LogP contribution in [0.3, 0.4) is 0 Å². The van der Waals surface area contributed by atoms with Crippen molar-refractivity contribution in [1.82, 2.24) is 0 Å². The van der Waals surface area contributed by atoms with Crippen LogP contribution in [-0.2, 0) is 4.79 Å². The van der Waals surface area contributed by atoms with Crippen LogP contribution in [0.15, 0.2) is 63.8 Å². The molecule has 0 saturated carbocycles. The first kappa shape index (κ1) is 22.0. The number of carbonyl (C=O) groups excluding carboxylic acids is 1. The molecule has 0 saturated heterocycles. The molecule has 2 aliphatic heterocycles. The fourth-order valence-corrected chi connectivity index (χ4v) is 4.83. The SMILES string of the molecule is COc1cc([C@@H]2CC(=O)Oc3cc(OC)c4c(=O)cc(-c5ccccc5)oc4c32)cc2c1OCCO2. The molecule has 0 radical (unpaired) electrons. The number of fused-ring (bicyclic) bond motifs is 4. The van der Waals surface area contributed by atoms with E-state index in [1.807, 2.05) is 42.5 Å². The summed E-state index contributed by atoms with van der Waals surface area (Å²) in [7, 11) is 3.01. The van der Waals surface area contributed by atoms with Crippen LogP contribution in [0.1, 0.15) is 23.5 Å². The van der Waals surface area contributed by atoms with Crippen LogP contribution in [-0.4, -0.2) is 33.4 Å². The highest BCUT2D eigenvalue weighted by Crippen LogP contribution is 2.49. The molecule has 2 aliphatic rings. The summed E-state index contributed by atoms with van der Waals surface area (Å²) >= 11 is 0. The lowest BCUT2D eigenvalue weighted by Gasteiger charge is -2.28. The van der Waals surface area contributed by atoms with Crippen LogP contribution in [0.25, 0.3) is 22.3 Å². The first-order chi connectivity index (χ1) is 17.6. The summed E-state index contributed by atoms with van der Waals surface area (Å²) in [5.74, 6) is 1.58. The lowest BCUT2D eigenvalue weighted by Crippen LogP contribution is -2.23. The molecule has 8 heteroatoms. The topological polar surface area (TPSA) is 93.4 Å². The Balaban J connectivity index is 1.64. The summed E-state index contributed by atoms with van der Waals surface area (Å²) in [6, 6.07) is 16.0. The van der Waals surface area contributed by atoms with E-state index in [-0.39, 0.29) is 28.7 Å². The lowest BCUT2D eigenvalue weighted by molar-refractivity contribution is -0.135. The molecule has 3 aromatic carbocycles. The molecule has 0 spiro atoms. The van der Waals surface area contributed by atoms with Crippen molar-refractivity contribution in [2.75, 3.05) is 27.4 Å². The number of methoxy groups -OCH3 is 2. The molecule has 0 fully saturated rings. The third kappa shape index (κ3) is 3.53. The molecule has 6 rings (SSSR count). The first-order valence-electron chi connectivity index (χ1n) is 11.5. The molecule has 0 amide bonds. The predicted octanol–water partition coefficient (Wildman–Crippen LogP) is 4.69. The minimum Gasteiger partial charge on any atom is -0.496 e. The third-order valence-corrected chi connectivity index (χ3v) is 6.44. The van der Waals surface area contributed by atoms with Crippen molar-refractivity contribution in [3.05, 3.63) is 75.9 Å². The zero-order valence-corrected chi connectivity index (χ0v) is 19.7. The Bertz CT molecular complexity index is 1540. The zero-order valence-electron chi connectivity index (χ0n) is 19.7. The quantitative estimate of drug-likeness (QED) is 0.303. The second-order valence-corrected chi connectivity index (χ2v) is 8.51. The molecule has 182 valence electrons. The maximum atomic E-state index is 13.3. The van der Waals surface area contributed by atoms with Crippen molar-refractivity contribution in [2.45, 2.75) is 12.3 Å². The molecule has 0 N–H and O–H groups in total. The van der Waals surface area contributed by atoms with Gasteiger partial charge in [0.15, 0.2) is 16.9 Å². The summed E-state index contributed by atoms with van der Waals surface area (Å²) < 4.78 is 34.6. The number of carbonyl (C=O) groups is 1. The van der Waals surface area contributed by atoms with Crippen molar-refractivity contribution >= 4 is 16.9 Å². The van der Waals surface area contributed by atoms with Gasteiger partial charge in [0.2, 0.25) is 5.75 Å². The van der Waals surface area contributed by atoms with Crippen LogP contribution in [0.2, 0.25) is 0 Å². The van der Waals surface area contributed by atoms with Gasteiger partial charge >= 0.3 is 5.97 Å². The number of hydrogen-bond donors (Lipinski definition) is 0. The fourth-order valence-electron chi connectivity index (χ4n) is 4.83. The molecule has 0 unspecified atom stereocenters. The number of rotatable bonds is 4. The second kappa shape index (κ2) is 8.64. The minimum absolute atomic E-state index is 0.0382. The van der Waals surface area contributed by atoms with Gasteiger partial charge < -0.3 is 28.1 Å². The summed E-state index contributed by atoms with van der Waals surface area (Å²) in [5, 5.41) is 0.281. The third-order valence-electron chi connectivity index (χ3n) is 6.44. The van der Waals surface area contributed by atoms with E-state index in [4.69, 9.17) is 28.1 Å². The maximum Gasteiger partial charge on any atom is 0.312 e. The van der Waals surface area contributed by atoms with Gasteiger partial charge in [-0.25, -0.2) is 0 Å². The van der Waals surface area contributed by atoms with E-state index in [1.165, 1.54) is 13.2 Å². The summed E-state index contributed by atoms with van der Waals surface area (Å²) in [6.07, 6.45) is 0.0382. The van der Waals surface area contributed by atoms with Crippen molar-refractivity contribution in [3.63, 3.8) is 0 Å². The average Bonchev–Trinajstić information content (AvgIpc) is 2.91. The van der Waals surface area contributed by atoms with Crippen LogP contribution in [0.4, 0.5) is 0 Å². The van der Waals surface area contributed by atoms with E-state index in [1.54, 1.807) is 13.2 Å². The van der Waals surface area contributed by atoms with Gasteiger partial charge in [-0.05, 0) is 17.7 Å². The monoisotopic (exact) mass is 486 g/mol. The lowest BCUT2D eigenvalue weighted by atomic mass is 9.84. The zero-order chi connectivity index (χ0) is 24.8. The molecule has 8 nitrogen and oxygen atoms in total. The minimum atomic E-state index is -0.492. The second-order valence-electron chi connectivity index (χ2n) is 8.51. The Labute approximate surface area is 205 Å². The largest absolute Gasteiger partial charge is 0.496 e. The van der Waals surface area contributed by atoms with Gasteiger partial charge in [0.1, 0.15) is 41.4 Å². The molecular formula is C28H22O8. The van der Waals surface area contributed by atoms with Crippen molar-refractivity contribution < 1.29 is 32.9 Å². The van der Waals surface area contributed by atoms with E-state index >= 15 is 0 Å².